The van der Waals surface area contributed by atoms with Crippen LogP contribution < -0.4 is 15.2 Å². The smallest absolute Gasteiger partial charge is 0.166 e. The van der Waals surface area contributed by atoms with Gasteiger partial charge in [0.25, 0.3) is 0 Å². The van der Waals surface area contributed by atoms with Crippen molar-refractivity contribution in [2.45, 2.75) is 6.04 Å². The maximum absolute atomic E-state index is 6.26. The highest BCUT2D eigenvalue weighted by atomic mass is 32.1. The molecular formula is C13H13NO2S. The number of para-hydroxylation sites is 1. The molecule has 0 saturated heterocycles. The third kappa shape index (κ3) is 1.90. The monoisotopic (exact) mass is 247 g/mol. The lowest BCUT2D eigenvalue weighted by Crippen LogP contribution is -2.19. The number of rotatable bonds is 2. The maximum atomic E-state index is 6.26. The van der Waals surface area contributed by atoms with Crippen molar-refractivity contribution in [3.8, 4) is 11.5 Å². The molecule has 1 aromatic heterocycles. The lowest BCUT2D eigenvalue weighted by atomic mass is 10.0. The van der Waals surface area contributed by atoms with E-state index in [2.05, 4.69) is 5.38 Å². The fraction of sp³-hybridized carbons (Fsp3) is 0.231. The van der Waals surface area contributed by atoms with Crippen LogP contribution in [0.3, 0.4) is 0 Å². The molecule has 3 rings (SSSR count). The Balaban J connectivity index is 2.03. The van der Waals surface area contributed by atoms with E-state index >= 15 is 0 Å². The van der Waals surface area contributed by atoms with E-state index in [1.807, 2.05) is 29.6 Å². The first kappa shape index (κ1) is 10.6. The molecule has 0 radical (unpaired) electrons. The zero-order valence-electron chi connectivity index (χ0n) is 9.26. The molecule has 0 unspecified atom stereocenters. The predicted molar refractivity (Wildman–Crippen MR) is 67.8 cm³/mol. The molecule has 0 fully saturated rings. The van der Waals surface area contributed by atoms with Crippen LogP contribution in [-0.2, 0) is 0 Å². The summed E-state index contributed by atoms with van der Waals surface area (Å²) >= 11 is 1.65. The zero-order chi connectivity index (χ0) is 11.7. The van der Waals surface area contributed by atoms with Crippen molar-refractivity contribution in [1.82, 2.24) is 0 Å². The van der Waals surface area contributed by atoms with Gasteiger partial charge in [-0.15, -0.1) is 0 Å². The van der Waals surface area contributed by atoms with Gasteiger partial charge in [-0.1, -0.05) is 12.1 Å². The van der Waals surface area contributed by atoms with Gasteiger partial charge in [-0.05, 0) is 28.5 Å². The van der Waals surface area contributed by atoms with E-state index in [1.54, 1.807) is 11.3 Å². The minimum Gasteiger partial charge on any atom is -0.486 e. The third-order valence-electron chi connectivity index (χ3n) is 2.83. The van der Waals surface area contributed by atoms with Crippen LogP contribution in [0.25, 0.3) is 0 Å². The van der Waals surface area contributed by atoms with E-state index in [0.717, 1.165) is 22.6 Å². The SMILES string of the molecule is N[C@@H](c1ccsc1)c1cccc2c1OCCO2. The van der Waals surface area contributed by atoms with Crippen molar-refractivity contribution in [1.29, 1.82) is 0 Å². The van der Waals surface area contributed by atoms with Crippen LogP contribution in [0.1, 0.15) is 17.2 Å². The summed E-state index contributed by atoms with van der Waals surface area (Å²) in [6.07, 6.45) is 0. The zero-order valence-corrected chi connectivity index (χ0v) is 10.1. The number of hydrogen-bond donors (Lipinski definition) is 1. The van der Waals surface area contributed by atoms with Gasteiger partial charge in [-0.3, -0.25) is 0 Å². The largest absolute Gasteiger partial charge is 0.486 e. The lowest BCUT2D eigenvalue weighted by molar-refractivity contribution is 0.169. The number of ether oxygens (including phenoxy) is 2. The number of thiophene rings is 1. The van der Waals surface area contributed by atoms with Crippen molar-refractivity contribution in [3.63, 3.8) is 0 Å². The quantitative estimate of drug-likeness (QED) is 0.887. The van der Waals surface area contributed by atoms with Crippen LogP contribution >= 0.6 is 11.3 Å². The second-order valence-electron chi connectivity index (χ2n) is 3.91. The standard InChI is InChI=1S/C13H13NO2S/c14-12(9-4-7-17-8-9)10-2-1-3-11-13(10)16-6-5-15-11/h1-4,7-8,12H,5-6,14H2/t12-/m0/s1. The van der Waals surface area contributed by atoms with Gasteiger partial charge in [0.2, 0.25) is 0 Å². The number of hydrogen-bond acceptors (Lipinski definition) is 4. The van der Waals surface area contributed by atoms with Crippen LogP contribution in [-0.4, -0.2) is 13.2 Å². The number of fused-ring (bicyclic) bond motifs is 1. The summed E-state index contributed by atoms with van der Waals surface area (Å²) in [6, 6.07) is 7.75. The molecule has 0 saturated carbocycles. The first-order valence-corrected chi connectivity index (χ1v) is 6.47. The fourth-order valence-corrected chi connectivity index (χ4v) is 2.67. The number of nitrogens with two attached hydrogens (primary N) is 1. The topological polar surface area (TPSA) is 44.5 Å². The Morgan fingerprint density at radius 1 is 1.18 bits per heavy atom. The molecule has 4 heteroatoms. The molecule has 0 bridgehead atoms. The van der Waals surface area contributed by atoms with Gasteiger partial charge in [0, 0.05) is 5.56 Å². The second kappa shape index (κ2) is 4.39. The van der Waals surface area contributed by atoms with Crippen LogP contribution in [0, 0.1) is 0 Å². The molecule has 1 aliphatic rings. The Hall–Kier alpha value is -1.52. The van der Waals surface area contributed by atoms with E-state index in [4.69, 9.17) is 15.2 Å². The van der Waals surface area contributed by atoms with Gasteiger partial charge >= 0.3 is 0 Å². The fourth-order valence-electron chi connectivity index (χ4n) is 1.97. The van der Waals surface area contributed by atoms with Gasteiger partial charge in [-0.25, -0.2) is 0 Å². The maximum Gasteiger partial charge on any atom is 0.166 e. The Morgan fingerprint density at radius 2 is 2.06 bits per heavy atom. The summed E-state index contributed by atoms with van der Waals surface area (Å²) in [5, 5.41) is 4.09. The molecule has 1 atom stereocenters. The predicted octanol–water partition coefficient (Wildman–Crippen LogP) is 2.57. The molecule has 1 aromatic carbocycles. The molecule has 88 valence electrons. The third-order valence-corrected chi connectivity index (χ3v) is 3.54. The van der Waals surface area contributed by atoms with Gasteiger partial charge in [0.05, 0.1) is 6.04 Å². The van der Waals surface area contributed by atoms with Crippen molar-refractivity contribution in [2.75, 3.05) is 13.2 Å². The van der Waals surface area contributed by atoms with E-state index in [0.29, 0.717) is 13.2 Å². The van der Waals surface area contributed by atoms with Crippen LogP contribution in [0.15, 0.2) is 35.0 Å². The van der Waals surface area contributed by atoms with Crippen molar-refractivity contribution < 1.29 is 9.47 Å². The molecule has 17 heavy (non-hydrogen) atoms. The molecular weight excluding hydrogens is 234 g/mol. The van der Waals surface area contributed by atoms with Gasteiger partial charge in [0.15, 0.2) is 11.5 Å². The summed E-state index contributed by atoms with van der Waals surface area (Å²) < 4.78 is 11.2. The highest BCUT2D eigenvalue weighted by Gasteiger charge is 2.20. The highest BCUT2D eigenvalue weighted by Crippen LogP contribution is 2.38. The Bertz CT molecular complexity index is 510. The van der Waals surface area contributed by atoms with Crippen molar-refractivity contribution in [2.24, 2.45) is 5.73 Å². The van der Waals surface area contributed by atoms with Crippen molar-refractivity contribution >= 4 is 11.3 Å². The van der Waals surface area contributed by atoms with E-state index in [1.165, 1.54) is 0 Å². The van der Waals surface area contributed by atoms with Crippen LogP contribution in [0.4, 0.5) is 0 Å². The minimum atomic E-state index is -0.155. The summed E-state index contributed by atoms with van der Waals surface area (Å²) in [5.41, 5.74) is 8.35. The normalized spacial score (nSPS) is 15.6. The molecule has 2 N–H and O–H groups in total. The summed E-state index contributed by atoms with van der Waals surface area (Å²) in [7, 11) is 0. The first-order valence-electron chi connectivity index (χ1n) is 5.52. The van der Waals surface area contributed by atoms with Gasteiger partial charge in [0.1, 0.15) is 13.2 Å². The van der Waals surface area contributed by atoms with Gasteiger partial charge < -0.3 is 15.2 Å². The average molecular weight is 247 g/mol. The molecule has 0 aliphatic carbocycles. The second-order valence-corrected chi connectivity index (χ2v) is 4.69. The minimum absolute atomic E-state index is 0.155. The molecule has 1 aliphatic heterocycles. The van der Waals surface area contributed by atoms with Crippen LogP contribution in [0.5, 0.6) is 11.5 Å². The Labute approximate surface area is 104 Å². The van der Waals surface area contributed by atoms with E-state index in [-0.39, 0.29) is 6.04 Å². The van der Waals surface area contributed by atoms with E-state index < -0.39 is 0 Å². The van der Waals surface area contributed by atoms with Crippen molar-refractivity contribution in [3.05, 3.63) is 46.2 Å². The Kier molecular flexibility index (Phi) is 2.74. The summed E-state index contributed by atoms with van der Waals surface area (Å²) in [5.74, 6) is 1.58. The highest BCUT2D eigenvalue weighted by molar-refractivity contribution is 7.08. The molecule has 0 amide bonds. The molecule has 3 nitrogen and oxygen atoms in total. The van der Waals surface area contributed by atoms with Crippen LogP contribution in [0.2, 0.25) is 0 Å². The summed E-state index contributed by atoms with van der Waals surface area (Å²) in [4.78, 5) is 0. The summed E-state index contributed by atoms with van der Waals surface area (Å²) in [6.45, 7) is 1.19. The first-order chi connectivity index (χ1) is 8.36. The van der Waals surface area contributed by atoms with E-state index in [9.17, 15) is 0 Å². The molecule has 2 aromatic rings. The van der Waals surface area contributed by atoms with Gasteiger partial charge in [-0.2, -0.15) is 11.3 Å². The molecule has 0 spiro atoms. The molecule has 2 heterocycles. The Morgan fingerprint density at radius 3 is 2.88 bits per heavy atom. The lowest BCUT2D eigenvalue weighted by Gasteiger charge is -2.23. The average Bonchev–Trinajstić information content (AvgIpc) is 2.91. The number of benzene rings is 1.